The van der Waals surface area contributed by atoms with Crippen LogP contribution in [0.4, 0.5) is 10.8 Å². The maximum Gasteiger partial charge on any atom is 0.226 e. The lowest BCUT2D eigenvalue weighted by Gasteiger charge is -2.14. The van der Waals surface area contributed by atoms with Crippen molar-refractivity contribution in [3.05, 3.63) is 18.2 Å². The summed E-state index contributed by atoms with van der Waals surface area (Å²) in [6, 6.07) is 5.74. The lowest BCUT2D eigenvalue weighted by molar-refractivity contribution is -0.117. The number of fused-ring (bicyclic) bond motifs is 1. The minimum absolute atomic E-state index is 0. The third-order valence-electron chi connectivity index (χ3n) is 4.56. The highest BCUT2D eigenvalue weighted by molar-refractivity contribution is 7.22. The van der Waals surface area contributed by atoms with Crippen LogP contribution in [-0.4, -0.2) is 22.8 Å². The van der Waals surface area contributed by atoms with E-state index in [9.17, 15) is 9.59 Å². The first-order valence-corrected chi connectivity index (χ1v) is 9.62. The van der Waals surface area contributed by atoms with Gasteiger partial charge in [0, 0.05) is 24.6 Å². The van der Waals surface area contributed by atoms with Crippen molar-refractivity contribution in [3.63, 3.8) is 0 Å². The van der Waals surface area contributed by atoms with Crippen molar-refractivity contribution in [2.75, 3.05) is 10.6 Å². The van der Waals surface area contributed by atoms with Gasteiger partial charge in [0.15, 0.2) is 5.13 Å². The Morgan fingerprint density at radius 2 is 2.08 bits per heavy atom. The smallest absolute Gasteiger partial charge is 0.226 e. The number of nitrogens with two attached hydrogens (primary N) is 1. The molecule has 2 atom stereocenters. The Balaban J connectivity index is 0.00000243. The molecule has 0 radical (unpaired) electrons. The molecule has 1 aromatic carbocycles. The summed E-state index contributed by atoms with van der Waals surface area (Å²) in [7, 11) is 0. The number of carbonyl (C=O) groups excluding carboxylic acids is 2. The summed E-state index contributed by atoms with van der Waals surface area (Å²) in [4.78, 5) is 28.3. The number of benzene rings is 1. The molecule has 0 aliphatic heterocycles. The highest BCUT2D eigenvalue weighted by atomic mass is 35.5. The number of halogens is 1. The topological polar surface area (TPSA) is 97.1 Å². The molecular formula is C18H25ClN4O2S. The second-order valence-electron chi connectivity index (χ2n) is 6.61. The number of anilines is 2. The maximum absolute atomic E-state index is 12.2. The molecule has 1 saturated carbocycles. The monoisotopic (exact) mass is 396 g/mol. The highest BCUT2D eigenvalue weighted by Gasteiger charge is 2.26. The van der Waals surface area contributed by atoms with Gasteiger partial charge < -0.3 is 16.4 Å². The van der Waals surface area contributed by atoms with E-state index in [0.717, 1.165) is 41.6 Å². The Kier molecular flexibility index (Phi) is 7.37. The lowest BCUT2D eigenvalue weighted by atomic mass is 10.00. The average Bonchev–Trinajstić information content (AvgIpc) is 3.13. The molecule has 8 heteroatoms. The summed E-state index contributed by atoms with van der Waals surface area (Å²) >= 11 is 1.41. The molecule has 6 nitrogen and oxygen atoms in total. The van der Waals surface area contributed by atoms with E-state index < -0.39 is 0 Å². The second kappa shape index (κ2) is 9.30. The molecular weight excluding hydrogens is 372 g/mol. The molecule has 0 spiro atoms. The zero-order valence-corrected chi connectivity index (χ0v) is 16.4. The van der Waals surface area contributed by atoms with Crippen LogP contribution in [0.15, 0.2) is 18.2 Å². The Morgan fingerprint density at radius 3 is 2.77 bits per heavy atom. The van der Waals surface area contributed by atoms with E-state index in [4.69, 9.17) is 5.73 Å². The average molecular weight is 397 g/mol. The number of nitrogens with zero attached hydrogens (tertiary/aromatic N) is 1. The minimum atomic E-state index is -0.0250. The van der Waals surface area contributed by atoms with E-state index >= 15 is 0 Å². The molecule has 0 unspecified atom stereocenters. The molecule has 3 rings (SSSR count). The van der Waals surface area contributed by atoms with E-state index in [1.54, 1.807) is 0 Å². The van der Waals surface area contributed by atoms with E-state index in [2.05, 4.69) is 15.6 Å². The number of rotatable bonds is 6. The fraction of sp³-hybridized carbons (Fsp3) is 0.500. The van der Waals surface area contributed by atoms with Crippen molar-refractivity contribution in [1.82, 2.24) is 4.98 Å². The predicted octanol–water partition coefficient (Wildman–Crippen LogP) is 3.91. The number of carbonyl (C=O) groups is 2. The molecule has 2 amide bonds. The van der Waals surface area contributed by atoms with Crippen molar-refractivity contribution in [2.45, 2.75) is 51.5 Å². The second-order valence-corrected chi connectivity index (χ2v) is 7.64. The molecule has 1 aliphatic rings. The van der Waals surface area contributed by atoms with Crippen LogP contribution in [0.3, 0.4) is 0 Å². The van der Waals surface area contributed by atoms with Gasteiger partial charge in [-0.3, -0.25) is 9.59 Å². The van der Waals surface area contributed by atoms with Crippen molar-refractivity contribution in [2.24, 2.45) is 11.7 Å². The first-order valence-electron chi connectivity index (χ1n) is 8.81. The van der Waals surface area contributed by atoms with Crippen LogP contribution in [0.25, 0.3) is 10.2 Å². The quantitative estimate of drug-likeness (QED) is 0.689. The van der Waals surface area contributed by atoms with E-state index in [-0.39, 0.29) is 36.2 Å². The molecule has 2 aromatic rings. The van der Waals surface area contributed by atoms with Crippen LogP contribution in [0.5, 0.6) is 0 Å². The maximum atomic E-state index is 12.2. The Bertz CT molecular complexity index is 780. The fourth-order valence-corrected chi connectivity index (χ4v) is 4.16. The SMILES string of the molecule is CCCC(=O)Nc1nc2ccc(NC(=O)C[C@@H]3CCC[C@H]3N)cc2s1.Cl. The summed E-state index contributed by atoms with van der Waals surface area (Å²) < 4.78 is 0.933. The summed E-state index contributed by atoms with van der Waals surface area (Å²) in [6.45, 7) is 1.96. The van der Waals surface area contributed by atoms with Gasteiger partial charge in [-0.1, -0.05) is 24.7 Å². The van der Waals surface area contributed by atoms with Gasteiger partial charge in [-0.25, -0.2) is 4.98 Å². The lowest BCUT2D eigenvalue weighted by Crippen LogP contribution is -2.28. The first-order chi connectivity index (χ1) is 12.0. The fourth-order valence-electron chi connectivity index (χ4n) is 3.23. The molecule has 142 valence electrons. The van der Waals surface area contributed by atoms with Gasteiger partial charge in [0.1, 0.15) is 0 Å². The van der Waals surface area contributed by atoms with Crippen molar-refractivity contribution in [1.29, 1.82) is 0 Å². The van der Waals surface area contributed by atoms with E-state index in [1.165, 1.54) is 11.3 Å². The highest BCUT2D eigenvalue weighted by Crippen LogP contribution is 2.30. The van der Waals surface area contributed by atoms with Gasteiger partial charge in [-0.2, -0.15) is 0 Å². The Hall–Kier alpha value is -1.70. The van der Waals surface area contributed by atoms with Gasteiger partial charge in [0.2, 0.25) is 11.8 Å². The van der Waals surface area contributed by atoms with E-state index in [0.29, 0.717) is 18.0 Å². The molecule has 0 bridgehead atoms. The normalized spacial score (nSPS) is 19.2. The number of aromatic nitrogens is 1. The molecule has 1 heterocycles. The summed E-state index contributed by atoms with van der Waals surface area (Å²) in [5, 5.41) is 6.35. The molecule has 1 aromatic heterocycles. The summed E-state index contributed by atoms with van der Waals surface area (Å²) in [5.74, 6) is 0.262. The molecule has 1 aliphatic carbocycles. The van der Waals surface area contributed by atoms with Crippen molar-refractivity contribution < 1.29 is 9.59 Å². The molecule has 0 saturated heterocycles. The van der Waals surface area contributed by atoms with E-state index in [1.807, 2.05) is 25.1 Å². The van der Waals surface area contributed by atoms with Gasteiger partial charge in [-0.05, 0) is 43.4 Å². The molecule has 4 N–H and O–H groups in total. The molecule has 1 fully saturated rings. The predicted molar refractivity (Wildman–Crippen MR) is 109 cm³/mol. The standard InChI is InChI=1S/C18H24N4O2S.ClH/c1-2-4-16(23)22-18-21-14-8-7-12(10-15(14)25-18)20-17(24)9-11-5-3-6-13(11)19;/h7-8,10-11,13H,2-6,9,19H2,1H3,(H,20,24)(H,21,22,23);1H/t11-,13+;/m0./s1. The number of hydrogen-bond donors (Lipinski definition) is 3. The first kappa shape index (κ1) is 20.6. The third-order valence-corrected chi connectivity index (χ3v) is 5.49. The van der Waals surface area contributed by atoms with Crippen LogP contribution in [0.1, 0.15) is 45.4 Å². The molecule has 26 heavy (non-hydrogen) atoms. The summed E-state index contributed by atoms with van der Waals surface area (Å²) in [6.07, 6.45) is 4.91. The van der Waals surface area contributed by atoms with Crippen LogP contribution in [-0.2, 0) is 9.59 Å². The van der Waals surface area contributed by atoms with Gasteiger partial charge in [-0.15, -0.1) is 12.4 Å². The van der Waals surface area contributed by atoms with Crippen LogP contribution in [0.2, 0.25) is 0 Å². The number of hydrogen-bond acceptors (Lipinski definition) is 5. The zero-order valence-electron chi connectivity index (χ0n) is 14.8. The van der Waals surface area contributed by atoms with Crippen LogP contribution < -0.4 is 16.4 Å². The van der Waals surface area contributed by atoms with Crippen molar-refractivity contribution in [3.8, 4) is 0 Å². The Labute approximate surface area is 163 Å². The number of nitrogens with one attached hydrogen (secondary N) is 2. The van der Waals surface area contributed by atoms with Gasteiger partial charge in [0.05, 0.1) is 10.2 Å². The zero-order chi connectivity index (χ0) is 17.8. The van der Waals surface area contributed by atoms with Crippen LogP contribution in [0, 0.1) is 5.92 Å². The Morgan fingerprint density at radius 1 is 1.27 bits per heavy atom. The van der Waals surface area contributed by atoms with Gasteiger partial charge >= 0.3 is 0 Å². The number of amides is 2. The minimum Gasteiger partial charge on any atom is -0.327 e. The summed E-state index contributed by atoms with van der Waals surface area (Å²) in [5.41, 5.74) is 7.60. The van der Waals surface area contributed by atoms with Gasteiger partial charge in [0.25, 0.3) is 0 Å². The van der Waals surface area contributed by atoms with Crippen molar-refractivity contribution >= 4 is 56.6 Å². The van der Waals surface area contributed by atoms with Crippen LogP contribution >= 0.6 is 23.7 Å². The largest absolute Gasteiger partial charge is 0.327 e. The third kappa shape index (κ3) is 5.16. The number of thiazole rings is 1.